The molecule has 0 unspecified atom stereocenters. The molecule has 1 fully saturated rings. The third-order valence-corrected chi connectivity index (χ3v) is 7.15. The number of ketones is 3. The Hall–Kier alpha value is -1.27. The minimum atomic E-state index is -0.897. The topological polar surface area (TPSA) is 71.4 Å². The van der Waals surface area contributed by atoms with Gasteiger partial charge in [-0.15, -0.1) is 11.3 Å². The van der Waals surface area contributed by atoms with Gasteiger partial charge in [-0.1, -0.05) is 27.7 Å². The molecule has 1 heterocycles. The molecule has 146 valence electrons. The minimum absolute atomic E-state index is 0.0243. The quantitative estimate of drug-likeness (QED) is 0.625. The highest BCUT2D eigenvalue weighted by Gasteiger charge is 2.48. The van der Waals surface area contributed by atoms with Gasteiger partial charge in [-0.2, -0.15) is 0 Å². The Kier molecular flexibility index (Phi) is 5.28. The zero-order valence-electron chi connectivity index (χ0n) is 16.1. The van der Waals surface area contributed by atoms with E-state index in [0.29, 0.717) is 25.7 Å². The number of hydrogen-bond acceptors (Lipinski definition) is 5. The minimum Gasteiger partial charge on any atom is -0.512 e. The van der Waals surface area contributed by atoms with E-state index in [1.807, 2.05) is 39.8 Å². The van der Waals surface area contributed by atoms with Gasteiger partial charge in [0.2, 0.25) is 0 Å². The number of halogens is 1. The maximum Gasteiger partial charge on any atom is 0.163 e. The molecule has 0 saturated heterocycles. The van der Waals surface area contributed by atoms with Crippen LogP contribution < -0.4 is 0 Å². The molecule has 1 saturated carbocycles. The van der Waals surface area contributed by atoms with Crippen LogP contribution in [0.25, 0.3) is 0 Å². The van der Waals surface area contributed by atoms with Crippen LogP contribution in [0.15, 0.2) is 27.3 Å². The maximum atomic E-state index is 13.0. The Bertz CT molecular complexity index is 826. The fourth-order valence-corrected chi connectivity index (χ4v) is 5.97. The second kappa shape index (κ2) is 6.96. The van der Waals surface area contributed by atoms with Crippen molar-refractivity contribution in [1.82, 2.24) is 0 Å². The number of aliphatic hydroxyl groups is 1. The van der Waals surface area contributed by atoms with Crippen LogP contribution in [0.5, 0.6) is 0 Å². The van der Waals surface area contributed by atoms with Gasteiger partial charge in [-0.3, -0.25) is 14.4 Å². The predicted octanol–water partition coefficient (Wildman–Crippen LogP) is 5.37. The lowest BCUT2D eigenvalue weighted by Gasteiger charge is -2.38. The van der Waals surface area contributed by atoms with Crippen LogP contribution in [0.3, 0.4) is 0 Å². The SMILES string of the molecule is CC1(C)CC(=O)C([C@@H](C2=C(O)CC(C)(C)CC2=O)c2ccc(Br)s2)C(=O)C1. The van der Waals surface area contributed by atoms with Gasteiger partial charge in [0.25, 0.3) is 0 Å². The Morgan fingerprint density at radius 3 is 2.04 bits per heavy atom. The van der Waals surface area contributed by atoms with Crippen molar-refractivity contribution in [2.24, 2.45) is 16.7 Å². The summed E-state index contributed by atoms with van der Waals surface area (Å²) in [5.74, 6) is -2.00. The molecule has 1 aromatic rings. The first-order valence-electron chi connectivity index (χ1n) is 9.16. The van der Waals surface area contributed by atoms with E-state index in [4.69, 9.17) is 0 Å². The van der Waals surface area contributed by atoms with E-state index in [0.717, 1.165) is 8.66 Å². The van der Waals surface area contributed by atoms with Crippen LogP contribution in [0, 0.1) is 16.7 Å². The van der Waals surface area contributed by atoms with Gasteiger partial charge < -0.3 is 5.11 Å². The zero-order valence-corrected chi connectivity index (χ0v) is 18.5. The monoisotopic (exact) mass is 452 g/mol. The molecule has 1 aromatic heterocycles. The fraction of sp³-hybridized carbons (Fsp3) is 0.571. The predicted molar refractivity (Wildman–Crippen MR) is 109 cm³/mol. The molecule has 0 bridgehead atoms. The van der Waals surface area contributed by atoms with Gasteiger partial charge in [0.1, 0.15) is 17.3 Å². The van der Waals surface area contributed by atoms with Crippen LogP contribution in [-0.2, 0) is 14.4 Å². The molecular weight excluding hydrogens is 428 g/mol. The van der Waals surface area contributed by atoms with Crippen molar-refractivity contribution in [3.63, 3.8) is 0 Å². The Morgan fingerprint density at radius 1 is 1.00 bits per heavy atom. The summed E-state index contributed by atoms with van der Waals surface area (Å²) in [5.41, 5.74) is -0.427. The van der Waals surface area contributed by atoms with Gasteiger partial charge in [0.05, 0.1) is 9.70 Å². The zero-order chi connectivity index (χ0) is 20.1. The first-order chi connectivity index (χ1) is 12.4. The molecule has 1 N–H and O–H groups in total. The van der Waals surface area contributed by atoms with Gasteiger partial charge in [0.15, 0.2) is 5.78 Å². The number of thiophene rings is 1. The number of rotatable bonds is 3. The van der Waals surface area contributed by atoms with E-state index >= 15 is 0 Å². The maximum absolute atomic E-state index is 13.0. The van der Waals surface area contributed by atoms with Crippen molar-refractivity contribution in [2.75, 3.05) is 0 Å². The standard InChI is InChI=1S/C21H25BrO4S/c1-20(2)7-11(23)17(12(24)8-20)19(15-5-6-16(22)27-15)18-13(25)9-21(3,4)10-14(18)26/h5-6,17,19,25H,7-10H2,1-4H3/t19-/m0/s1. The molecular formula is C21H25BrO4S. The largest absolute Gasteiger partial charge is 0.512 e. The van der Waals surface area contributed by atoms with E-state index in [1.54, 1.807) is 0 Å². The normalized spacial score (nSPS) is 24.4. The smallest absolute Gasteiger partial charge is 0.163 e. The Morgan fingerprint density at radius 2 is 1.56 bits per heavy atom. The van der Waals surface area contributed by atoms with Crippen molar-refractivity contribution >= 4 is 44.6 Å². The summed E-state index contributed by atoms with van der Waals surface area (Å²) in [6.07, 6.45) is 1.29. The van der Waals surface area contributed by atoms with E-state index in [2.05, 4.69) is 15.9 Å². The second-order valence-electron chi connectivity index (χ2n) is 9.35. The van der Waals surface area contributed by atoms with E-state index in [9.17, 15) is 19.5 Å². The highest BCUT2D eigenvalue weighted by atomic mass is 79.9. The van der Waals surface area contributed by atoms with Crippen LogP contribution in [0.2, 0.25) is 0 Å². The molecule has 0 radical (unpaired) electrons. The lowest BCUT2D eigenvalue weighted by molar-refractivity contribution is -0.140. The average molecular weight is 453 g/mol. The van der Waals surface area contributed by atoms with Gasteiger partial charge in [-0.05, 0) is 38.9 Å². The second-order valence-corrected chi connectivity index (χ2v) is 11.8. The van der Waals surface area contributed by atoms with Crippen molar-refractivity contribution in [2.45, 2.75) is 59.3 Å². The van der Waals surface area contributed by atoms with Gasteiger partial charge in [-0.25, -0.2) is 0 Å². The summed E-state index contributed by atoms with van der Waals surface area (Å²) >= 11 is 4.84. The molecule has 27 heavy (non-hydrogen) atoms. The number of aliphatic hydroxyl groups excluding tert-OH is 1. The summed E-state index contributed by atoms with van der Waals surface area (Å²) in [6, 6.07) is 3.69. The van der Waals surface area contributed by atoms with E-state index in [-0.39, 0.29) is 39.5 Å². The molecule has 2 aliphatic rings. The first-order valence-corrected chi connectivity index (χ1v) is 10.8. The van der Waals surface area contributed by atoms with Gasteiger partial charge >= 0.3 is 0 Å². The van der Waals surface area contributed by atoms with Gasteiger partial charge in [0, 0.05) is 42.1 Å². The molecule has 1 atom stereocenters. The first kappa shape index (κ1) is 20.5. The fourth-order valence-electron chi connectivity index (χ4n) is 4.40. The molecule has 3 rings (SSSR count). The third kappa shape index (κ3) is 4.11. The summed E-state index contributed by atoms with van der Waals surface area (Å²) < 4.78 is 0.863. The average Bonchev–Trinajstić information content (AvgIpc) is 2.87. The van der Waals surface area contributed by atoms with E-state index < -0.39 is 11.8 Å². The van der Waals surface area contributed by atoms with Crippen molar-refractivity contribution < 1.29 is 19.5 Å². The summed E-state index contributed by atoms with van der Waals surface area (Å²) in [7, 11) is 0. The van der Waals surface area contributed by atoms with Crippen molar-refractivity contribution in [3.05, 3.63) is 32.1 Å². The highest BCUT2D eigenvalue weighted by Crippen LogP contribution is 2.49. The van der Waals surface area contributed by atoms with Crippen LogP contribution >= 0.6 is 27.3 Å². The lowest BCUT2D eigenvalue weighted by atomic mass is 9.64. The van der Waals surface area contributed by atoms with Crippen LogP contribution in [0.4, 0.5) is 0 Å². The van der Waals surface area contributed by atoms with Crippen LogP contribution in [0.1, 0.15) is 64.2 Å². The number of carbonyl (C=O) groups is 3. The van der Waals surface area contributed by atoms with Crippen molar-refractivity contribution in [3.8, 4) is 0 Å². The molecule has 0 spiro atoms. The number of carbonyl (C=O) groups excluding carboxylic acids is 3. The highest BCUT2D eigenvalue weighted by molar-refractivity contribution is 9.11. The number of allylic oxidation sites excluding steroid dienone is 2. The molecule has 2 aliphatic carbocycles. The van der Waals surface area contributed by atoms with Crippen molar-refractivity contribution in [1.29, 1.82) is 0 Å². The summed E-state index contributed by atoms with van der Waals surface area (Å²) in [6.45, 7) is 7.71. The lowest BCUT2D eigenvalue weighted by Crippen LogP contribution is -2.42. The number of Topliss-reactive ketones (excluding diaryl/α,β-unsaturated/α-hetero) is 3. The summed E-state index contributed by atoms with van der Waals surface area (Å²) in [5, 5.41) is 10.7. The van der Waals surface area contributed by atoms with E-state index in [1.165, 1.54) is 11.3 Å². The molecule has 6 heteroatoms. The molecule has 0 aromatic carbocycles. The third-order valence-electron chi connectivity index (χ3n) is 5.44. The Balaban J connectivity index is 2.13. The Labute approximate surface area is 172 Å². The summed E-state index contributed by atoms with van der Waals surface area (Å²) in [4.78, 5) is 39.7. The number of hydrogen-bond donors (Lipinski definition) is 1. The molecule has 0 amide bonds. The molecule has 4 nitrogen and oxygen atoms in total. The molecule has 0 aliphatic heterocycles. The van der Waals surface area contributed by atoms with Crippen LogP contribution in [-0.4, -0.2) is 22.5 Å².